The van der Waals surface area contributed by atoms with Crippen molar-refractivity contribution in [1.29, 1.82) is 0 Å². The molecule has 0 unspecified atom stereocenters. The molecule has 20 heavy (non-hydrogen) atoms. The van der Waals surface area contributed by atoms with Gasteiger partial charge in [-0.25, -0.2) is 13.6 Å². The van der Waals surface area contributed by atoms with Gasteiger partial charge in [0.2, 0.25) is 10.0 Å². The minimum absolute atomic E-state index is 0.0579. The molecule has 0 amide bonds. The summed E-state index contributed by atoms with van der Waals surface area (Å²) in [5, 5.41) is 15.7. The molecular formula is C12H18N2O5S. The van der Waals surface area contributed by atoms with Gasteiger partial charge in [0.05, 0.1) is 17.3 Å². The highest BCUT2D eigenvalue weighted by molar-refractivity contribution is 7.89. The van der Waals surface area contributed by atoms with Crippen molar-refractivity contribution in [2.75, 3.05) is 12.4 Å². The first-order valence-corrected chi connectivity index (χ1v) is 7.89. The Bertz CT molecular complexity index is 571. The molecule has 1 aromatic carbocycles. The molecule has 0 spiro atoms. The average molecular weight is 302 g/mol. The van der Waals surface area contributed by atoms with Crippen LogP contribution in [0.4, 0.5) is 5.69 Å². The number of nitrogens with zero attached hydrogens (tertiary/aromatic N) is 1. The number of unbranched alkanes of at least 4 members (excludes halogenated alkanes) is 2. The molecule has 0 aliphatic rings. The van der Waals surface area contributed by atoms with E-state index in [9.17, 15) is 18.5 Å². The van der Waals surface area contributed by atoms with Crippen LogP contribution in [0.5, 0.6) is 5.75 Å². The van der Waals surface area contributed by atoms with Crippen LogP contribution in [0.3, 0.4) is 0 Å². The number of hydrogen-bond acceptors (Lipinski definition) is 5. The molecule has 0 fully saturated rings. The van der Waals surface area contributed by atoms with Crippen molar-refractivity contribution in [2.24, 2.45) is 5.14 Å². The van der Waals surface area contributed by atoms with E-state index in [0.29, 0.717) is 25.9 Å². The lowest BCUT2D eigenvalue weighted by Gasteiger charge is -2.07. The van der Waals surface area contributed by atoms with Gasteiger partial charge in [0.1, 0.15) is 0 Å². The van der Waals surface area contributed by atoms with Crippen molar-refractivity contribution in [2.45, 2.75) is 26.2 Å². The minimum Gasteiger partial charge on any atom is -0.487 e. The number of ether oxygens (including phenoxy) is 1. The summed E-state index contributed by atoms with van der Waals surface area (Å²) in [4.78, 5) is 10.4. The van der Waals surface area contributed by atoms with Crippen molar-refractivity contribution in [3.05, 3.63) is 33.9 Å². The zero-order valence-corrected chi connectivity index (χ0v) is 12.1. The van der Waals surface area contributed by atoms with E-state index >= 15 is 0 Å². The summed E-state index contributed by atoms with van der Waals surface area (Å²) in [5.74, 6) is 0.171. The Kier molecular flexibility index (Phi) is 5.90. The van der Waals surface area contributed by atoms with Crippen molar-refractivity contribution >= 4 is 15.7 Å². The Hall–Kier alpha value is -1.67. The molecule has 1 aromatic rings. The number of sulfonamides is 1. The van der Waals surface area contributed by atoms with Crippen LogP contribution in [0.1, 0.15) is 24.8 Å². The molecule has 112 valence electrons. The normalized spacial score (nSPS) is 11.3. The number of aryl methyl sites for hydroxylation is 1. The lowest BCUT2D eigenvalue weighted by molar-refractivity contribution is -0.385. The second-order valence-electron chi connectivity index (χ2n) is 4.50. The van der Waals surface area contributed by atoms with E-state index in [1.807, 2.05) is 0 Å². The van der Waals surface area contributed by atoms with Gasteiger partial charge in [-0.1, -0.05) is 6.07 Å². The van der Waals surface area contributed by atoms with Crippen LogP contribution >= 0.6 is 0 Å². The molecule has 0 heterocycles. The van der Waals surface area contributed by atoms with Gasteiger partial charge in [-0.3, -0.25) is 10.1 Å². The average Bonchev–Trinajstić information content (AvgIpc) is 2.33. The Balaban J connectivity index is 2.41. The number of hydrogen-bond donors (Lipinski definition) is 1. The third-order valence-electron chi connectivity index (χ3n) is 2.64. The van der Waals surface area contributed by atoms with E-state index in [-0.39, 0.29) is 17.2 Å². The van der Waals surface area contributed by atoms with Crippen LogP contribution in [0.15, 0.2) is 18.2 Å². The maximum atomic E-state index is 10.9. The van der Waals surface area contributed by atoms with E-state index in [2.05, 4.69) is 0 Å². The SMILES string of the molecule is Cc1ccc(OCCCCCS(N)(=O)=O)c([N+](=O)[O-])c1. The monoisotopic (exact) mass is 302 g/mol. The second kappa shape index (κ2) is 7.20. The van der Waals surface area contributed by atoms with Crippen LogP contribution < -0.4 is 9.88 Å². The standard InChI is InChI=1S/C12H18N2O5S/c1-10-5-6-12(11(9-10)14(15)16)19-7-3-2-4-8-20(13,17)18/h5-6,9H,2-4,7-8H2,1H3,(H2,13,17,18). The molecule has 0 aliphatic heterocycles. The van der Waals surface area contributed by atoms with Crippen molar-refractivity contribution in [3.8, 4) is 5.75 Å². The second-order valence-corrected chi connectivity index (χ2v) is 6.24. The molecule has 1 rings (SSSR count). The van der Waals surface area contributed by atoms with Gasteiger partial charge in [0, 0.05) is 6.07 Å². The van der Waals surface area contributed by atoms with Crippen LogP contribution in [0.2, 0.25) is 0 Å². The maximum Gasteiger partial charge on any atom is 0.311 e. The van der Waals surface area contributed by atoms with Crippen LogP contribution in [-0.2, 0) is 10.0 Å². The highest BCUT2D eigenvalue weighted by Crippen LogP contribution is 2.27. The molecule has 2 N–H and O–H groups in total. The number of benzene rings is 1. The molecule has 0 atom stereocenters. The van der Waals surface area contributed by atoms with Gasteiger partial charge in [-0.05, 0) is 37.8 Å². The number of nitrogens with two attached hydrogens (primary N) is 1. The molecule has 0 radical (unpaired) electrons. The fraction of sp³-hybridized carbons (Fsp3) is 0.500. The van der Waals surface area contributed by atoms with E-state index in [1.165, 1.54) is 6.07 Å². The highest BCUT2D eigenvalue weighted by atomic mass is 32.2. The van der Waals surface area contributed by atoms with Gasteiger partial charge in [-0.15, -0.1) is 0 Å². The summed E-state index contributed by atoms with van der Waals surface area (Å²) in [6, 6.07) is 4.76. The Labute approximate surface area is 117 Å². The van der Waals surface area contributed by atoms with Crippen LogP contribution in [0.25, 0.3) is 0 Å². The fourth-order valence-corrected chi connectivity index (χ4v) is 2.26. The number of primary sulfonamides is 1. The maximum absolute atomic E-state index is 10.9. The van der Waals surface area contributed by atoms with Crippen molar-refractivity contribution in [1.82, 2.24) is 0 Å². The lowest BCUT2D eigenvalue weighted by Crippen LogP contribution is -2.16. The lowest BCUT2D eigenvalue weighted by atomic mass is 10.2. The van der Waals surface area contributed by atoms with Crippen molar-refractivity contribution < 1.29 is 18.1 Å². The van der Waals surface area contributed by atoms with E-state index < -0.39 is 14.9 Å². The summed E-state index contributed by atoms with van der Waals surface area (Å²) in [7, 11) is -3.42. The minimum atomic E-state index is -3.42. The first kappa shape index (κ1) is 16.4. The Morgan fingerprint density at radius 2 is 2.00 bits per heavy atom. The molecule has 7 nitrogen and oxygen atoms in total. The number of nitro benzene ring substituents is 1. The fourth-order valence-electron chi connectivity index (χ4n) is 1.66. The van der Waals surface area contributed by atoms with Gasteiger partial charge in [0.25, 0.3) is 0 Å². The van der Waals surface area contributed by atoms with Crippen LogP contribution in [0, 0.1) is 17.0 Å². The van der Waals surface area contributed by atoms with Gasteiger partial charge < -0.3 is 4.74 Å². The zero-order chi connectivity index (χ0) is 15.2. The summed E-state index contributed by atoms with van der Waals surface area (Å²) in [6.07, 6.45) is 1.70. The summed E-state index contributed by atoms with van der Waals surface area (Å²) >= 11 is 0. The third kappa shape index (κ3) is 5.98. The Morgan fingerprint density at radius 1 is 1.30 bits per heavy atom. The van der Waals surface area contributed by atoms with Gasteiger partial charge in [-0.2, -0.15) is 0 Å². The predicted octanol–water partition coefficient (Wildman–Crippen LogP) is 1.74. The largest absolute Gasteiger partial charge is 0.487 e. The smallest absolute Gasteiger partial charge is 0.311 e. The van der Waals surface area contributed by atoms with Crippen molar-refractivity contribution in [3.63, 3.8) is 0 Å². The Morgan fingerprint density at radius 3 is 2.60 bits per heavy atom. The quantitative estimate of drug-likeness (QED) is 0.446. The molecule has 0 aromatic heterocycles. The molecule has 0 saturated carbocycles. The summed E-state index contributed by atoms with van der Waals surface area (Å²) in [5.41, 5.74) is 0.728. The predicted molar refractivity (Wildman–Crippen MR) is 75.2 cm³/mol. The summed E-state index contributed by atoms with van der Waals surface area (Å²) in [6.45, 7) is 2.07. The first-order chi connectivity index (χ1) is 9.29. The van der Waals surface area contributed by atoms with Gasteiger partial charge >= 0.3 is 5.69 Å². The van der Waals surface area contributed by atoms with E-state index in [4.69, 9.17) is 9.88 Å². The number of nitro groups is 1. The molecule has 0 aliphatic carbocycles. The van der Waals surface area contributed by atoms with Crippen LogP contribution in [-0.4, -0.2) is 25.7 Å². The van der Waals surface area contributed by atoms with E-state index in [0.717, 1.165) is 5.56 Å². The topological polar surface area (TPSA) is 113 Å². The number of rotatable bonds is 8. The highest BCUT2D eigenvalue weighted by Gasteiger charge is 2.14. The molecule has 0 saturated heterocycles. The third-order valence-corrected chi connectivity index (χ3v) is 3.50. The summed E-state index contributed by atoms with van der Waals surface area (Å²) < 4.78 is 26.8. The zero-order valence-electron chi connectivity index (χ0n) is 11.2. The van der Waals surface area contributed by atoms with Gasteiger partial charge in [0.15, 0.2) is 5.75 Å². The molecular weight excluding hydrogens is 284 g/mol. The first-order valence-electron chi connectivity index (χ1n) is 6.18. The van der Waals surface area contributed by atoms with E-state index in [1.54, 1.807) is 19.1 Å². The molecule has 8 heteroatoms. The molecule has 0 bridgehead atoms.